The Hall–Kier alpha value is -1.37. The Balaban J connectivity index is 2.95. The molecule has 0 N–H and O–H groups in total. The lowest BCUT2D eigenvalue weighted by molar-refractivity contribution is 1.31. The summed E-state index contributed by atoms with van der Waals surface area (Å²) in [6.45, 7) is 7.40. The minimum atomic E-state index is 0.910. The fraction of sp³-hybridized carbons (Fsp3) is 0. The average molecular weight is 131 g/mol. The molecule has 1 rings (SSSR count). The van der Waals surface area contributed by atoms with Crippen LogP contribution < -0.4 is 0 Å². The smallest absolute Gasteiger partial charge is 0.0346 e. The highest BCUT2D eigenvalue weighted by Crippen LogP contribution is 2.09. The molecule has 1 heteroatoms. The summed E-state index contributed by atoms with van der Waals surface area (Å²) in [5.41, 5.74) is 1.94. The molecule has 0 aliphatic carbocycles. The van der Waals surface area contributed by atoms with Crippen molar-refractivity contribution in [1.29, 1.82) is 0 Å². The molecule has 0 unspecified atom stereocenters. The van der Waals surface area contributed by atoms with Gasteiger partial charge >= 0.3 is 0 Å². The molecule has 1 nitrogen and oxygen atoms in total. The molecule has 0 saturated carbocycles. The largest absolute Gasteiger partial charge is 0.264 e. The first-order valence-electron chi connectivity index (χ1n) is 3.06. The number of allylic oxidation sites excluding steroid dienone is 2. The van der Waals surface area contributed by atoms with Crippen LogP contribution >= 0.6 is 0 Å². The molecule has 0 aliphatic rings. The van der Waals surface area contributed by atoms with E-state index in [0.29, 0.717) is 0 Å². The molecule has 0 fully saturated rings. The van der Waals surface area contributed by atoms with Gasteiger partial charge in [0.05, 0.1) is 0 Å². The van der Waals surface area contributed by atoms with Crippen molar-refractivity contribution in [3.8, 4) is 0 Å². The number of aromatic nitrogens is 1. The number of hydrogen-bond donors (Lipinski definition) is 0. The van der Waals surface area contributed by atoms with Crippen LogP contribution in [0.15, 0.2) is 43.8 Å². The molecule has 1 heterocycles. The number of nitrogens with zero attached hydrogens (tertiary/aromatic N) is 1. The van der Waals surface area contributed by atoms with Gasteiger partial charge in [0.1, 0.15) is 0 Å². The van der Waals surface area contributed by atoms with Crippen LogP contribution in [-0.2, 0) is 0 Å². The SMILES string of the molecule is C=CC(=C)c1cccnc1. The highest BCUT2D eigenvalue weighted by Gasteiger charge is 1.89. The van der Waals surface area contributed by atoms with Gasteiger partial charge in [0.2, 0.25) is 0 Å². The third kappa shape index (κ3) is 1.32. The van der Waals surface area contributed by atoms with Crippen LogP contribution in [0.5, 0.6) is 0 Å². The topological polar surface area (TPSA) is 12.9 Å². The summed E-state index contributed by atoms with van der Waals surface area (Å²) in [5, 5.41) is 0. The first-order chi connectivity index (χ1) is 4.84. The standard InChI is InChI=1S/C9H9N/c1-3-8(2)9-5-4-6-10-7-9/h3-7H,1-2H2. The van der Waals surface area contributed by atoms with Crippen molar-refractivity contribution in [2.75, 3.05) is 0 Å². The molecule has 0 saturated heterocycles. The molecule has 0 aliphatic heterocycles. The zero-order valence-electron chi connectivity index (χ0n) is 5.75. The van der Waals surface area contributed by atoms with Gasteiger partial charge in [-0.3, -0.25) is 4.98 Å². The Morgan fingerprint density at radius 1 is 1.60 bits per heavy atom. The maximum absolute atomic E-state index is 3.95. The second kappa shape index (κ2) is 2.97. The monoisotopic (exact) mass is 131 g/mol. The molecule has 1 aromatic heterocycles. The van der Waals surface area contributed by atoms with Crippen LogP contribution in [-0.4, -0.2) is 4.98 Å². The van der Waals surface area contributed by atoms with Gasteiger partial charge in [-0.1, -0.05) is 25.3 Å². The first-order valence-corrected chi connectivity index (χ1v) is 3.06. The van der Waals surface area contributed by atoms with Crippen molar-refractivity contribution in [2.45, 2.75) is 0 Å². The van der Waals surface area contributed by atoms with E-state index in [2.05, 4.69) is 18.1 Å². The van der Waals surface area contributed by atoms with Gasteiger partial charge in [-0.15, -0.1) is 0 Å². The molecule has 0 atom stereocenters. The Labute approximate surface area is 60.7 Å². The molecule has 0 bridgehead atoms. The summed E-state index contributed by atoms with van der Waals surface area (Å²) in [5.74, 6) is 0. The summed E-state index contributed by atoms with van der Waals surface area (Å²) < 4.78 is 0. The maximum Gasteiger partial charge on any atom is 0.0346 e. The lowest BCUT2D eigenvalue weighted by Crippen LogP contribution is -1.78. The zero-order chi connectivity index (χ0) is 7.40. The van der Waals surface area contributed by atoms with Crippen LogP contribution in [0, 0.1) is 0 Å². The van der Waals surface area contributed by atoms with Crippen molar-refractivity contribution >= 4 is 5.57 Å². The highest BCUT2D eigenvalue weighted by atomic mass is 14.6. The fourth-order valence-electron chi connectivity index (χ4n) is 0.671. The fourth-order valence-corrected chi connectivity index (χ4v) is 0.671. The van der Waals surface area contributed by atoms with Gasteiger partial charge in [0.15, 0.2) is 0 Å². The number of hydrogen-bond acceptors (Lipinski definition) is 1. The molecule has 1 aromatic rings. The predicted molar refractivity (Wildman–Crippen MR) is 43.5 cm³/mol. The van der Waals surface area contributed by atoms with Crippen molar-refractivity contribution in [3.63, 3.8) is 0 Å². The van der Waals surface area contributed by atoms with Crippen LogP contribution in [0.3, 0.4) is 0 Å². The molecule has 0 aromatic carbocycles. The second-order valence-electron chi connectivity index (χ2n) is 1.97. The van der Waals surface area contributed by atoms with E-state index in [1.807, 2.05) is 12.1 Å². The van der Waals surface area contributed by atoms with Crippen molar-refractivity contribution in [1.82, 2.24) is 4.98 Å². The number of rotatable bonds is 2. The summed E-state index contributed by atoms with van der Waals surface area (Å²) in [6.07, 6.45) is 5.22. The van der Waals surface area contributed by atoms with E-state index < -0.39 is 0 Å². The first kappa shape index (κ1) is 6.75. The minimum Gasteiger partial charge on any atom is -0.264 e. The van der Waals surface area contributed by atoms with E-state index in [9.17, 15) is 0 Å². The van der Waals surface area contributed by atoms with Gasteiger partial charge in [-0.2, -0.15) is 0 Å². The summed E-state index contributed by atoms with van der Waals surface area (Å²) in [4.78, 5) is 3.95. The third-order valence-corrected chi connectivity index (χ3v) is 1.28. The van der Waals surface area contributed by atoms with E-state index in [1.54, 1.807) is 18.5 Å². The molecule has 0 radical (unpaired) electrons. The number of pyridine rings is 1. The predicted octanol–water partition coefficient (Wildman–Crippen LogP) is 2.28. The molecule has 10 heavy (non-hydrogen) atoms. The average Bonchev–Trinajstić information content (AvgIpc) is 2.05. The van der Waals surface area contributed by atoms with Gasteiger partial charge in [-0.25, -0.2) is 0 Å². The summed E-state index contributed by atoms with van der Waals surface area (Å²) in [6, 6.07) is 3.83. The highest BCUT2D eigenvalue weighted by molar-refractivity contribution is 5.70. The third-order valence-electron chi connectivity index (χ3n) is 1.28. The Morgan fingerprint density at radius 3 is 2.90 bits per heavy atom. The molecular weight excluding hydrogens is 122 g/mol. The molecular formula is C9H9N. The van der Waals surface area contributed by atoms with Gasteiger partial charge < -0.3 is 0 Å². The lowest BCUT2D eigenvalue weighted by atomic mass is 10.1. The quantitative estimate of drug-likeness (QED) is 0.561. The normalized spacial score (nSPS) is 8.80. The minimum absolute atomic E-state index is 0.910. The Morgan fingerprint density at radius 2 is 2.40 bits per heavy atom. The molecule has 0 spiro atoms. The van der Waals surface area contributed by atoms with E-state index in [1.165, 1.54) is 0 Å². The summed E-state index contributed by atoms with van der Waals surface area (Å²) in [7, 11) is 0. The van der Waals surface area contributed by atoms with Crippen LogP contribution in [0.25, 0.3) is 5.57 Å². The summed E-state index contributed by atoms with van der Waals surface area (Å²) >= 11 is 0. The molecule has 0 amide bonds. The van der Waals surface area contributed by atoms with Gasteiger partial charge in [0.25, 0.3) is 0 Å². The van der Waals surface area contributed by atoms with E-state index >= 15 is 0 Å². The van der Waals surface area contributed by atoms with Crippen LogP contribution in [0.1, 0.15) is 5.56 Å². The van der Waals surface area contributed by atoms with Gasteiger partial charge in [0, 0.05) is 12.4 Å². The Bertz CT molecular complexity index is 236. The second-order valence-corrected chi connectivity index (χ2v) is 1.97. The van der Waals surface area contributed by atoms with Crippen molar-refractivity contribution in [3.05, 3.63) is 49.3 Å². The van der Waals surface area contributed by atoms with Crippen molar-refractivity contribution in [2.24, 2.45) is 0 Å². The van der Waals surface area contributed by atoms with Crippen molar-refractivity contribution < 1.29 is 0 Å². The van der Waals surface area contributed by atoms with E-state index in [-0.39, 0.29) is 0 Å². The van der Waals surface area contributed by atoms with Gasteiger partial charge in [-0.05, 0) is 17.2 Å². The lowest BCUT2D eigenvalue weighted by Gasteiger charge is -1.95. The van der Waals surface area contributed by atoms with Crippen LogP contribution in [0.2, 0.25) is 0 Å². The van der Waals surface area contributed by atoms with Crippen LogP contribution in [0.4, 0.5) is 0 Å². The Kier molecular flexibility index (Phi) is 2.00. The maximum atomic E-state index is 3.95. The van der Waals surface area contributed by atoms with E-state index in [4.69, 9.17) is 0 Å². The van der Waals surface area contributed by atoms with E-state index in [0.717, 1.165) is 11.1 Å². The zero-order valence-corrected chi connectivity index (χ0v) is 5.75. The molecule has 50 valence electrons.